The number of aliphatic hydroxyl groups excluding tert-OH is 4. The highest BCUT2D eigenvalue weighted by molar-refractivity contribution is 5.75. The van der Waals surface area contributed by atoms with E-state index in [9.17, 15) is 30.3 Å². The second-order valence-electron chi connectivity index (χ2n) is 16.2. The fraction of sp³-hybridized carbons (Fsp3) is 0.614. The molecule has 8 heteroatoms. The van der Waals surface area contributed by atoms with E-state index in [0.29, 0.717) is 63.5 Å². The van der Waals surface area contributed by atoms with Crippen molar-refractivity contribution in [3.63, 3.8) is 0 Å². The van der Waals surface area contributed by atoms with Gasteiger partial charge in [-0.1, -0.05) is 66.3 Å². The maximum atomic E-state index is 12.8. The van der Waals surface area contributed by atoms with Crippen molar-refractivity contribution < 1.29 is 30.3 Å². The summed E-state index contributed by atoms with van der Waals surface area (Å²) in [7, 11) is 1.87. The SMILES string of the molecule is C=C(C=CC=C(CO)[C@H]1CC[C@]2([C@@H]1O)[C@@H](CCCO)C1=C(C=O)CCC[C@@H]1C[C@]2(O)CCNC)[C@H]1CC=C(C)[C@@H](O)N[C@H](C)Cc2cccc(c2)C1. The standard InChI is InChI=1S/C44H64N2O6/c1-29(34-17-16-30(2)42(51)46-31(3)23-32-10-6-11-33(24-32)25-34)9-5-13-36(27-48)38-18-19-44(41(38)50)39(15-8-22-47)40-35(12-7-14-37(40)28-49)26-43(44,52)20-21-45-4/h5-6,9-11,13,16,24,28,31,34-35,38-39,41-42,45-48,50-52H,1,7-8,12,14-15,17-23,25-27H2,2-4H3/t31-,34+,35-,38-,39+,41-,42-,43-,44-/m1/s1. The number of allylic oxidation sites excluding steroid dienone is 7. The highest BCUT2D eigenvalue weighted by atomic mass is 16.3. The predicted molar refractivity (Wildman–Crippen MR) is 207 cm³/mol. The minimum atomic E-state index is -1.17. The van der Waals surface area contributed by atoms with Crippen LogP contribution in [0.3, 0.4) is 0 Å². The van der Waals surface area contributed by atoms with Gasteiger partial charge in [0, 0.05) is 24.0 Å². The summed E-state index contributed by atoms with van der Waals surface area (Å²) in [4.78, 5) is 12.4. The molecule has 2 fully saturated rings. The summed E-state index contributed by atoms with van der Waals surface area (Å²) >= 11 is 0. The lowest BCUT2D eigenvalue weighted by molar-refractivity contribution is -0.190. The van der Waals surface area contributed by atoms with Crippen LogP contribution >= 0.6 is 0 Å². The minimum absolute atomic E-state index is 0.00432. The van der Waals surface area contributed by atoms with Gasteiger partial charge in [0.1, 0.15) is 12.5 Å². The number of aldehydes is 1. The van der Waals surface area contributed by atoms with Crippen LogP contribution in [0.2, 0.25) is 0 Å². The number of benzene rings is 1. The monoisotopic (exact) mass is 716 g/mol. The predicted octanol–water partition coefficient (Wildman–Crippen LogP) is 5.25. The molecule has 1 aromatic rings. The lowest BCUT2D eigenvalue weighted by atomic mass is 9.47. The molecule has 286 valence electrons. The van der Waals surface area contributed by atoms with Gasteiger partial charge >= 0.3 is 0 Å². The van der Waals surface area contributed by atoms with E-state index < -0.39 is 23.3 Å². The Morgan fingerprint density at radius 1 is 1.15 bits per heavy atom. The van der Waals surface area contributed by atoms with E-state index in [-0.39, 0.29) is 42.9 Å². The van der Waals surface area contributed by atoms with Crippen molar-refractivity contribution in [3.8, 4) is 0 Å². The van der Waals surface area contributed by atoms with Crippen LogP contribution in [-0.4, -0.2) is 82.6 Å². The van der Waals surface area contributed by atoms with Crippen LogP contribution in [0.4, 0.5) is 0 Å². The zero-order chi connectivity index (χ0) is 37.5. The van der Waals surface area contributed by atoms with Crippen molar-refractivity contribution in [2.45, 2.75) is 115 Å². The Morgan fingerprint density at radius 2 is 1.92 bits per heavy atom. The number of carbonyl (C=O) groups excluding carboxylic acids is 1. The second-order valence-corrected chi connectivity index (χ2v) is 16.2. The quantitative estimate of drug-likeness (QED) is 0.0884. The molecular weight excluding hydrogens is 652 g/mol. The molecule has 5 rings (SSSR count). The first kappa shape index (κ1) is 40.5. The zero-order valence-electron chi connectivity index (χ0n) is 31.7. The number of rotatable bonds is 12. The summed E-state index contributed by atoms with van der Waals surface area (Å²) in [6.45, 7) is 8.87. The molecule has 1 aliphatic heterocycles. The molecular formula is C44H64N2O6. The molecule has 0 saturated heterocycles. The van der Waals surface area contributed by atoms with Gasteiger partial charge in [0.2, 0.25) is 0 Å². The van der Waals surface area contributed by atoms with Gasteiger partial charge in [0.05, 0.1) is 18.3 Å². The van der Waals surface area contributed by atoms with Crippen LogP contribution in [0.1, 0.15) is 89.2 Å². The molecule has 1 spiro atoms. The Bertz CT molecular complexity index is 1530. The van der Waals surface area contributed by atoms with Gasteiger partial charge in [0.15, 0.2) is 0 Å². The number of hydrogen-bond donors (Lipinski definition) is 7. The molecule has 0 unspecified atom stereocenters. The van der Waals surface area contributed by atoms with Gasteiger partial charge in [-0.25, -0.2) is 0 Å². The molecule has 2 bridgehead atoms. The van der Waals surface area contributed by atoms with E-state index in [1.165, 1.54) is 11.1 Å². The molecule has 1 aromatic carbocycles. The Morgan fingerprint density at radius 3 is 2.63 bits per heavy atom. The zero-order valence-corrected chi connectivity index (χ0v) is 31.7. The number of carbonyl (C=O) groups is 1. The maximum absolute atomic E-state index is 12.8. The van der Waals surface area contributed by atoms with E-state index in [0.717, 1.165) is 54.3 Å². The number of fused-ring (bicyclic) bond motifs is 3. The van der Waals surface area contributed by atoms with E-state index in [1.54, 1.807) is 0 Å². The third kappa shape index (κ3) is 8.49. The summed E-state index contributed by atoms with van der Waals surface area (Å²) in [5.41, 5.74) is 4.83. The Hall–Kier alpha value is -2.69. The molecule has 0 amide bonds. The van der Waals surface area contributed by atoms with Crippen LogP contribution < -0.4 is 10.6 Å². The van der Waals surface area contributed by atoms with E-state index in [4.69, 9.17) is 0 Å². The molecule has 4 aliphatic rings. The third-order valence-corrected chi connectivity index (χ3v) is 13.0. The highest BCUT2D eigenvalue weighted by Crippen LogP contribution is 2.66. The Balaban J connectivity index is 1.44. The summed E-state index contributed by atoms with van der Waals surface area (Å²) in [5, 5.41) is 63.3. The number of hydrogen-bond acceptors (Lipinski definition) is 8. The first-order valence-electron chi connectivity index (χ1n) is 19.7. The molecule has 8 nitrogen and oxygen atoms in total. The molecule has 52 heavy (non-hydrogen) atoms. The van der Waals surface area contributed by atoms with Crippen LogP contribution in [-0.2, 0) is 17.6 Å². The van der Waals surface area contributed by atoms with Gasteiger partial charge in [0.25, 0.3) is 0 Å². The molecule has 9 atom stereocenters. The second kappa shape index (κ2) is 18.1. The van der Waals surface area contributed by atoms with Crippen LogP contribution in [0, 0.1) is 29.1 Å². The molecule has 0 radical (unpaired) electrons. The van der Waals surface area contributed by atoms with Crippen molar-refractivity contribution in [3.05, 3.63) is 94.1 Å². The fourth-order valence-electron chi connectivity index (χ4n) is 10.4. The number of nitrogens with one attached hydrogen (secondary N) is 2. The summed E-state index contributed by atoms with van der Waals surface area (Å²) < 4.78 is 0. The summed E-state index contributed by atoms with van der Waals surface area (Å²) in [5.74, 6) is -0.424. The molecule has 0 aromatic heterocycles. The van der Waals surface area contributed by atoms with Crippen molar-refractivity contribution in [2.24, 2.45) is 29.1 Å². The smallest absolute Gasteiger partial charge is 0.145 e. The summed E-state index contributed by atoms with van der Waals surface area (Å²) in [6, 6.07) is 8.75. The molecule has 1 heterocycles. The minimum Gasteiger partial charge on any atom is -0.396 e. The van der Waals surface area contributed by atoms with Gasteiger partial charge in [-0.2, -0.15) is 0 Å². The van der Waals surface area contributed by atoms with Gasteiger partial charge < -0.3 is 30.8 Å². The first-order chi connectivity index (χ1) is 25.0. The molecule has 3 aliphatic carbocycles. The fourth-order valence-corrected chi connectivity index (χ4v) is 10.4. The van der Waals surface area contributed by atoms with Crippen LogP contribution in [0.5, 0.6) is 0 Å². The van der Waals surface area contributed by atoms with Crippen molar-refractivity contribution in [1.29, 1.82) is 0 Å². The Kier molecular flexibility index (Phi) is 14.1. The van der Waals surface area contributed by atoms with Crippen molar-refractivity contribution in [2.75, 3.05) is 26.8 Å². The van der Waals surface area contributed by atoms with E-state index >= 15 is 0 Å². The third-order valence-electron chi connectivity index (χ3n) is 13.0. The lowest BCUT2D eigenvalue weighted by Crippen LogP contribution is -2.63. The van der Waals surface area contributed by atoms with Crippen molar-refractivity contribution in [1.82, 2.24) is 10.6 Å². The molecule has 7 N–H and O–H groups in total. The molecule has 2 saturated carbocycles. The highest BCUT2D eigenvalue weighted by Gasteiger charge is 2.67. The number of aliphatic hydroxyl groups is 5. The first-order valence-corrected chi connectivity index (χ1v) is 19.7. The normalized spacial score (nSPS) is 34.5. The average Bonchev–Trinajstić information content (AvgIpc) is 3.47. The van der Waals surface area contributed by atoms with Gasteiger partial charge in [-0.15, -0.1) is 0 Å². The lowest BCUT2D eigenvalue weighted by Gasteiger charge is -2.60. The summed E-state index contributed by atoms with van der Waals surface area (Å²) in [6.07, 6.45) is 15.4. The maximum Gasteiger partial charge on any atom is 0.145 e. The van der Waals surface area contributed by atoms with E-state index in [2.05, 4.69) is 54.5 Å². The topological polar surface area (TPSA) is 142 Å². The van der Waals surface area contributed by atoms with Crippen LogP contribution in [0.15, 0.2) is 83.0 Å². The van der Waals surface area contributed by atoms with E-state index in [1.807, 2.05) is 32.2 Å². The largest absolute Gasteiger partial charge is 0.396 e. The Labute approximate surface area is 311 Å². The average molecular weight is 717 g/mol. The van der Waals surface area contributed by atoms with Gasteiger partial charge in [-0.05, 0) is 150 Å². The van der Waals surface area contributed by atoms with Crippen LogP contribution in [0.25, 0.3) is 0 Å². The van der Waals surface area contributed by atoms with Gasteiger partial charge in [-0.3, -0.25) is 10.1 Å². The van der Waals surface area contributed by atoms with Crippen molar-refractivity contribution >= 4 is 6.29 Å².